The van der Waals surface area contributed by atoms with Gasteiger partial charge < -0.3 is 0 Å². The van der Waals surface area contributed by atoms with E-state index in [1.54, 1.807) is 6.92 Å². The minimum absolute atomic E-state index is 1.18. The Bertz CT molecular complexity index is 1040. The van der Waals surface area contributed by atoms with Crippen molar-refractivity contribution < 1.29 is 0 Å². The summed E-state index contributed by atoms with van der Waals surface area (Å²) in [6.45, 7) is 11.2. The van der Waals surface area contributed by atoms with Crippen LogP contribution in [0.2, 0.25) is 0 Å². The Labute approximate surface area is 150 Å². The summed E-state index contributed by atoms with van der Waals surface area (Å²) in [7, 11) is 0. The molecular formula is C25H23. The van der Waals surface area contributed by atoms with Crippen molar-refractivity contribution in [3.63, 3.8) is 0 Å². The van der Waals surface area contributed by atoms with Crippen LogP contribution in [0.5, 0.6) is 0 Å². The van der Waals surface area contributed by atoms with Crippen LogP contribution in [0, 0.1) is 13.8 Å². The molecule has 0 N–H and O–H groups in total. The summed E-state index contributed by atoms with van der Waals surface area (Å²) in [5.41, 5.74) is 5.08. The van der Waals surface area contributed by atoms with Gasteiger partial charge in [0.05, 0.1) is 0 Å². The number of aryl methyl sites for hydroxylation is 1. The third-order valence-corrected chi connectivity index (χ3v) is 4.57. The number of rotatable bonds is 2. The van der Waals surface area contributed by atoms with Gasteiger partial charge in [-0.1, -0.05) is 99.3 Å². The van der Waals surface area contributed by atoms with Crippen molar-refractivity contribution in [2.75, 3.05) is 0 Å². The Morgan fingerprint density at radius 1 is 0.640 bits per heavy atom. The Hall–Kier alpha value is -2.86. The third kappa shape index (κ3) is 2.96. The summed E-state index contributed by atoms with van der Waals surface area (Å²) in [4.78, 5) is 0. The van der Waals surface area contributed by atoms with Crippen molar-refractivity contribution in [3.8, 4) is 11.1 Å². The van der Waals surface area contributed by atoms with E-state index in [0.717, 1.165) is 0 Å². The van der Waals surface area contributed by atoms with Crippen LogP contribution in [0.1, 0.15) is 18.1 Å². The zero-order chi connectivity index (χ0) is 17.8. The molecule has 0 heterocycles. The molecule has 0 aliphatic rings. The van der Waals surface area contributed by atoms with Gasteiger partial charge in [-0.25, -0.2) is 0 Å². The van der Waals surface area contributed by atoms with Crippen molar-refractivity contribution in [1.82, 2.24) is 0 Å². The van der Waals surface area contributed by atoms with Gasteiger partial charge in [0, 0.05) is 0 Å². The van der Waals surface area contributed by atoms with Crippen LogP contribution in [0.15, 0.2) is 79.4 Å². The van der Waals surface area contributed by atoms with E-state index in [1.165, 1.54) is 43.8 Å². The standard InChI is InChI=1S/C23H18.C2H5/c1-3-17-14-15-19-9-5-7-11-21(19)23(17)22-16(2)12-13-18-8-4-6-10-20(18)22;1-2/h3-15H,1H2,2H3;1H2,2H3. The molecule has 0 unspecified atom stereocenters. The topological polar surface area (TPSA) is 0 Å². The first-order chi connectivity index (χ1) is 12.3. The fraction of sp³-hybridized carbons (Fsp3) is 0.0800. The molecule has 0 amide bonds. The molecule has 0 bridgehead atoms. The van der Waals surface area contributed by atoms with Crippen LogP contribution < -0.4 is 0 Å². The van der Waals surface area contributed by atoms with Crippen LogP contribution in [-0.2, 0) is 0 Å². The van der Waals surface area contributed by atoms with Gasteiger partial charge in [-0.15, -0.1) is 0 Å². The first-order valence-corrected chi connectivity index (χ1v) is 8.63. The second kappa shape index (κ2) is 7.36. The number of hydrogen-bond acceptors (Lipinski definition) is 0. The van der Waals surface area contributed by atoms with Gasteiger partial charge in [-0.05, 0) is 50.7 Å². The third-order valence-electron chi connectivity index (χ3n) is 4.57. The summed E-state index contributed by atoms with van der Waals surface area (Å²) < 4.78 is 0. The van der Waals surface area contributed by atoms with Crippen LogP contribution >= 0.6 is 0 Å². The summed E-state index contributed by atoms with van der Waals surface area (Å²) in [6.07, 6.45) is 1.96. The predicted molar refractivity (Wildman–Crippen MR) is 113 cm³/mol. The van der Waals surface area contributed by atoms with Gasteiger partial charge in [0.25, 0.3) is 0 Å². The maximum Gasteiger partial charge on any atom is -0.00241 e. The fourth-order valence-electron chi connectivity index (χ4n) is 3.45. The normalized spacial score (nSPS) is 10.4. The van der Waals surface area contributed by atoms with Crippen LogP contribution in [-0.4, -0.2) is 0 Å². The van der Waals surface area contributed by atoms with E-state index in [9.17, 15) is 0 Å². The van der Waals surface area contributed by atoms with Crippen molar-refractivity contribution in [3.05, 3.63) is 97.4 Å². The van der Waals surface area contributed by atoms with Crippen LogP contribution in [0.25, 0.3) is 38.7 Å². The summed E-state index contributed by atoms with van der Waals surface area (Å²) in [5, 5.41) is 5.12. The smallest absolute Gasteiger partial charge is 0.00241 e. The Morgan fingerprint density at radius 3 is 1.76 bits per heavy atom. The summed E-state index contributed by atoms with van der Waals surface area (Å²) >= 11 is 0. The fourth-order valence-corrected chi connectivity index (χ4v) is 3.45. The second-order valence-corrected chi connectivity index (χ2v) is 5.93. The Kier molecular flexibility index (Phi) is 5.00. The molecule has 123 valence electrons. The highest BCUT2D eigenvalue weighted by Crippen LogP contribution is 2.39. The first-order valence-electron chi connectivity index (χ1n) is 8.63. The molecule has 0 aromatic heterocycles. The van der Waals surface area contributed by atoms with E-state index in [-0.39, 0.29) is 0 Å². The highest BCUT2D eigenvalue weighted by atomic mass is 14.2. The van der Waals surface area contributed by atoms with Gasteiger partial charge >= 0.3 is 0 Å². The zero-order valence-electron chi connectivity index (χ0n) is 14.9. The average Bonchev–Trinajstić information content (AvgIpc) is 2.69. The van der Waals surface area contributed by atoms with Gasteiger partial charge in [0.1, 0.15) is 0 Å². The van der Waals surface area contributed by atoms with Crippen molar-refractivity contribution in [1.29, 1.82) is 0 Å². The molecule has 4 aromatic rings. The van der Waals surface area contributed by atoms with Gasteiger partial charge in [0.15, 0.2) is 0 Å². The number of hydrogen-bond donors (Lipinski definition) is 0. The largest absolute Gasteiger partial charge is 0.0984 e. The SMILES string of the molecule is C=Cc1ccc2ccccc2c1-c1c(C)ccc2ccccc12.[CH2]C. The van der Waals surface area contributed by atoms with Gasteiger partial charge in [-0.2, -0.15) is 0 Å². The predicted octanol–water partition coefficient (Wildman–Crippen LogP) is 7.45. The first kappa shape index (κ1) is 17.0. The maximum atomic E-state index is 4.03. The quantitative estimate of drug-likeness (QED) is 0.359. The summed E-state index contributed by atoms with van der Waals surface area (Å²) in [5.74, 6) is 0. The lowest BCUT2D eigenvalue weighted by molar-refractivity contribution is 1.49. The molecule has 0 atom stereocenters. The Balaban J connectivity index is 0.000000880. The lowest BCUT2D eigenvalue weighted by Crippen LogP contribution is -1.91. The summed E-state index contributed by atoms with van der Waals surface area (Å²) in [6, 6.07) is 26.0. The van der Waals surface area contributed by atoms with Crippen LogP contribution in [0.3, 0.4) is 0 Å². The minimum atomic E-state index is 1.18. The highest BCUT2D eigenvalue weighted by molar-refractivity contribution is 6.09. The second-order valence-electron chi connectivity index (χ2n) is 5.93. The molecular weight excluding hydrogens is 300 g/mol. The minimum Gasteiger partial charge on any atom is -0.0984 e. The lowest BCUT2D eigenvalue weighted by Gasteiger charge is -2.16. The molecule has 0 saturated carbocycles. The average molecular weight is 323 g/mol. The molecule has 25 heavy (non-hydrogen) atoms. The molecule has 0 aliphatic heterocycles. The Morgan fingerprint density at radius 2 is 1.16 bits per heavy atom. The molecule has 0 heteroatoms. The molecule has 4 rings (SSSR count). The van der Waals surface area contributed by atoms with Gasteiger partial charge in [0.2, 0.25) is 0 Å². The molecule has 0 nitrogen and oxygen atoms in total. The number of benzene rings is 4. The molecule has 0 aliphatic carbocycles. The molecule has 0 fully saturated rings. The number of fused-ring (bicyclic) bond motifs is 2. The molecule has 4 aromatic carbocycles. The van der Waals surface area contributed by atoms with E-state index >= 15 is 0 Å². The van der Waals surface area contributed by atoms with E-state index in [0.29, 0.717) is 0 Å². The van der Waals surface area contributed by atoms with Crippen LogP contribution in [0.4, 0.5) is 0 Å². The molecule has 0 saturated heterocycles. The molecule has 0 spiro atoms. The van der Waals surface area contributed by atoms with Gasteiger partial charge in [-0.3, -0.25) is 0 Å². The maximum absolute atomic E-state index is 4.03. The monoisotopic (exact) mass is 323 g/mol. The van der Waals surface area contributed by atoms with E-state index in [4.69, 9.17) is 0 Å². The van der Waals surface area contributed by atoms with Crippen molar-refractivity contribution in [2.24, 2.45) is 0 Å². The van der Waals surface area contributed by atoms with Crippen molar-refractivity contribution in [2.45, 2.75) is 13.8 Å². The van der Waals surface area contributed by atoms with Crippen molar-refractivity contribution >= 4 is 27.6 Å². The van der Waals surface area contributed by atoms with E-state index in [2.05, 4.69) is 93.2 Å². The zero-order valence-corrected chi connectivity index (χ0v) is 14.9. The lowest BCUT2D eigenvalue weighted by atomic mass is 9.87. The highest BCUT2D eigenvalue weighted by Gasteiger charge is 2.13. The van der Waals surface area contributed by atoms with E-state index < -0.39 is 0 Å². The van der Waals surface area contributed by atoms with E-state index in [1.807, 2.05) is 6.08 Å². The molecule has 1 radical (unpaired) electrons.